The van der Waals surface area contributed by atoms with Crippen molar-refractivity contribution >= 4 is 21.8 Å². The largest absolute Gasteiger partial charge is 0.309 e. The maximum atomic E-state index is 6.35. The summed E-state index contributed by atoms with van der Waals surface area (Å²) in [5.41, 5.74) is 22.3. The third-order valence-electron chi connectivity index (χ3n) is 16.8. The number of nitrogens with zero attached hydrogens (tertiary/aromatic N) is 4. The normalized spacial score (nSPS) is 10.8. The van der Waals surface area contributed by atoms with Crippen LogP contribution in [-0.2, 0) is 0 Å². The van der Waals surface area contributed by atoms with Gasteiger partial charge in [0, 0.05) is 66.5 Å². The predicted molar refractivity (Wildman–Crippen MR) is 376 cm³/mol. The second kappa shape index (κ2) is 23.9. The Morgan fingerprint density at radius 2 is 0.615 bits per heavy atom. The molecule has 12 aromatic carbocycles. The minimum Gasteiger partial charge on any atom is -0.309 e. The van der Waals surface area contributed by atoms with Crippen molar-refractivity contribution in [3.05, 3.63) is 300 Å². The quantitative estimate of drug-likeness (QED) is 0.121. The smallest absolute Gasteiger partial charge is 0.164 e. The summed E-state index contributed by atoms with van der Waals surface area (Å²) in [6, 6.07) is 91.4. The lowest BCUT2D eigenvalue weighted by Crippen LogP contribution is -2.01. The van der Waals surface area contributed by atoms with Crippen LogP contribution in [0.2, 0.25) is 0 Å². The molecule has 0 saturated carbocycles. The summed E-state index contributed by atoms with van der Waals surface area (Å²) < 4.78 is 2.34. The fourth-order valence-corrected chi connectivity index (χ4v) is 12.5. The van der Waals surface area contributed by atoms with Crippen LogP contribution < -0.4 is 0 Å². The van der Waals surface area contributed by atoms with Gasteiger partial charge in [-0.15, -0.1) is 38.5 Å². The molecular formula is C87H50N4. The highest BCUT2D eigenvalue weighted by molar-refractivity contribution is 6.12. The molecule has 0 aliphatic rings. The van der Waals surface area contributed by atoms with Crippen molar-refractivity contribution in [3.63, 3.8) is 0 Å². The van der Waals surface area contributed by atoms with Gasteiger partial charge in [0.25, 0.3) is 0 Å². The highest BCUT2D eigenvalue weighted by Gasteiger charge is 2.23. The molecule has 0 amide bonds. The van der Waals surface area contributed by atoms with E-state index in [1.54, 1.807) is 0 Å². The van der Waals surface area contributed by atoms with E-state index in [2.05, 4.69) is 180 Å². The Balaban J connectivity index is 0.967. The topological polar surface area (TPSA) is 43.6 Å². The zero-order chi connectivity index (χ0) is 62.0. The monoisotopic (exact) mass is 1150 g/mol. The number of hydrogen-bond donors (Lipinski definition) is 0. The standard InChI is InChI=1S/C87H50N4/c1-7-57-33-26-42-73(69(57)10-4)67-52-65(62-45-48-78(74-43-27-34-58(8-2)70(74)11-5)80(54-62)75-44-28-35-59(9-3)71(75)12-6)51-66(53-67)63-46-49-83-81(55-63)82-56-64(47-50-84(82)91(83)68-36-20-15-21-37-68)72-38-22-23-39-76(72)77-40-24-25-41-79(77)87-89-85(60-29-16-13-17-30-60)88-86(90-87)61-31-18-14-19-32-61/h1-6,13-56H. The Morgan fingerprint density at radius 1 is 0.231 bits per heavy atom. The molecule has 418 valence electrons. The number of aromatic nitrogens is 4. The Morgan fingerprint density at radius 3 is 1.15 bits per heavy atom. The molecule has 0 aliphatic carbocycles. The van der Waals surface area contributed by atoms with E-state index in [0.29, 0.717) is 50.9 Å². The molecule has 14 aromatic rings. The zero-order valence-electron chi connectivity index (χ0n) is 49.2. The number of benzene rings is 12. The molecule has 0 bridgehead atoms. The third-order valence-corrected chi connectivity index (χ3v) is 16.8. The van der Waals surface area contributed by atoms with Crippen LogP contribution in [0.25, 0.3) is 140 Å². The Bertz CT molecular complexity index is 5470. The molecule has 4 nitrogen and oxygen atoms in total. The first kappa shape index (κ1) is 55.7. The summed E-state index contributed by atoms with van der Waals surface area (Å²) >= 11 is 0. The van der Waals surface area contributed by atoms with Crippen molar-refractivity contribution in [2.24, 2.45) is 0 Å². The Labute approximate surface area is 530 Å². The van der Waals surface area contributed by atoms with Crippen LogP contribution in [0.15, 0.2) is 267 Å². The van der Waals surface area contributed by atoms with Gasteiger partial charge in [0.05, 0.1) is 11.0 Å². The first-order valence-electron chi connectivity index (χ1n) is 29.6. The maximum absolute atomic E-state index is 6.35. The predicted octanol–water partition coefficient (Wildman–Crippen LogP) is 19.5. The Kier molecular flexibility index (Phi) is 14.6. The van der Waals surface area contributed by atoms with E-state index >= 15 is 0 Å². The fraction of sp³-hybridized carbons (Fsp3) is 0. The molecule has 0 fully saturated rings. The van der Waals surface area contributed by atoms with Crippen molar-refractivity contribution in [2.75, 3.05) is 0 Å². The van der Waals surface area contributed by atoms with Crippen LogP contribution >= 0.6 is 0 Å². The van der Waals surface area contributed by atoms with E-state index in [1.807, 2.05) is 127 Å². The highest BCUT2D eigenvalue weighted by Crippen LogP contribution is 2.45. The van der Waals surface area contributed by atoms with Crippen LogP contribution in [-0.4, -0.2) is 19.5 Å². The van der Waals surface area contributed by atoms with Crippen molar-refractivity contribution in [3.8, 4) is 192 Å². The van der Waals surface area contributed by atoms with Crippen LogP contribution in [0, 0.1) is 74.1 Å². The average Bonchev–Trinajstić information content (AvgIpc) is 1.69. The number of terminal acetylenes is 6. The van der Waals surface area contributed by atoms with E-state index < -0.39 is 0 Å². The van der Waals surface area contributed by atoms with Gasteiger partial charge in [0.1, 0.15) is 0 Å². The molecule has 14 rings (SSSR count). The van der Waals surface area contributed by atoms with Gasteiger partial charge in [-0.3, -0.25) is 0 Å². The summed E-state index contributed by atoms with van der Waals surface area (Å²) in [7, 11) is 0. The molecule has 91 heavy (non-hydrogen) atoms. The molecule has 0 radical (unpaired) electrons. The minimum absolute atomic E-state index is 0.578. The first-order valence-corrected chi connectivity index (χ1v) is 29.6. The van der Waals surface area contributed by atoms with Gasteiger partial charge in [-0.05, 0) is 157 Å². The van der Waals surface area contributed by atoms with Gasteiger partial charge >= 0.3 is 0 Å². The van der Waals surface area contributed by atoms with E-state index in [9.17, 15) is 0 Å². The fourth-order valence-electron chi connectivity index (χ4n) is 12.5. The minimum atomic E-state index is 0.578. The molecule has 0 atom stereocenters. The number of fused-ring (bicyclic) bond motifs is 3. The Hall–Kier alpha value is -13.2. The summed E-state index contributed by atoms with van der Waals surface area (Å²) in [6.45, 7) is 0. The third kappa shape index (κ3) is 10.1. The van der Waals surface area contributed by atoms with Crippen molar-refractivity contribution in [2.45, 2.75) is 0 Å². The molecular weight excluding hydrogens is 1100 g/mol. The number of para-hydroxylation sites is 1. The van der Waals surface area contributed by atoms with Gasteiger partial charge in [-0.2, -0.15) is 0 Å². The van der Waals surface area contributed by atoms with Gasteiger partial charge in [-0.1, -0.05) is 224 Å². The molecule has 2 heterocycles. The molecule has 0 N–H and O–H groups in total. The maximum Gasteiger partial charge on any atom is 0.164 e. The van der Waals surface area contributed by atoms with E-state index in [-0.39, 0.29) is 0 Å². The second-order valence-electron chi connectivity index (χ2n) is 21.9. The summed E-state index contributed by atoms with van der Waals surface area (Å²) in [4.78, 5) is 15.4. The van der Waals surface area contributed by atoms with E-state index in [4.69, 9.17) is 53.5 Å². The summed E-state index contributed by atoms with van der Waals surface area (Å²) in [5.74, 6) is 18.9. The average molecular weight is 1150 g/mol. The molecule has 0 spiro atoms. The van der Waals surface area contributed by atoms with Crippen LogP contribution in [0.3, 0.4) is 0 Å². The first-order chi connectivity index (χ1) is 44.9. The van der Waals surface area contributed by atoms with Crippen molar-refractivity contribution in [1.82, 2.24) is 19.5 Å². The van der Waals surface area contributed by atoms with E-state index in [1.165, 1.54) is 0 Å². The lowest BCUT2D eigenvalue weighted by atomic mass is 9.84. The SMILES string of the molecule is C#Cc1cccc(-c2cc(-c3ccc(-c4cccc(C#C)c4C#C)c(-c4cccc(C#C)c4C#C)c3)cc(-c3ccc4c(c3)c3cc(-c5ccccc5-c5ccccc5-c5nc(-c6ccccc6)nc(-c6ccccc6)n5)ccc3n4-c3ccccc3)c2)c1C#C. The lowest BCUT2D eigenvalue weighted by Gasteiger charge is -2.18. The van der Waals surface area contributed by atoms with Crippen molar-refractivity contribution in [1.29, 1.82) is 0 Å². The zero-order valence-corrected chi connectivity index (χ0v) is 49.2. The molecule has 2 aromatic heterocycles. The van der Waals surface area contributed by atoms with Gasteiger partial charge in [0.15, 0.2) is 17.5 Å². The second-order valence-corrected chi connectivity index (χ2v) is 21.9. The number of hydrogen-bond acceptors (Lipinski definition) is 3. The van der Waals surface area contributed by atoms with Gasteiger partial charge in [0.2, 0.25) is 0 Å². The van der Waals surface area contributed by atoms with Gasteiger partial charge < -0.3 is 4.57 Å². The molecule has 0 aliphatic heterocycles. The van der Waals surface area contributed by atoms with Crippen LogP contribution in [0.4, 0.5) is 0 Å². The molecule has 0 saturated heterocycles. The summed E-state index contributed by atoms with van der Waals surface area (Å²) in [5, 5.41) is 2.14. The van der Waals surface area contributed by atoms with Crippen molar-refractivity contribution < 1.29 is 0 Å². The van der Waals surface area contributed by atoms with E-state index in [0.717, 1.165) is 122 Å². The lowest BCUT2D eigenvalue weighted by molar-refractivity contribution is 1.07. The van der Waals surface area contributed by atoms with Crippen LogP contribution in [0.5, 0.6) is 0 Å². The number of rotatable bonds is 11. The molecule has 0 unspecified atom stereocenters. The van der Waals surface area contributed by atoms with Crippen LogP contribution in [0.1, 0.15) is 33.4 Å². The molecule has 4 heteroatoms. The summed E-state index contributed by atoms with van der Waals surface area (Å²) in [6.07, 6.45) is 37.2. The van der Waals surface area contributed by atoms with Gasteiger partial charge in [-0.25, -0.2) is 15.0 Å². The highest BCUT2D eigenvalue weighted by atomic mass is 15.0.